The van der Waals surface area contributed by atoms with Gasteiger partial charge in [-0.15, -0.1) is 11.3 Å². The molecule has 0 aliphatic rings. The third-order valence-electron chi connectivity index (χ3n) is 2.89. The maximum atomic E-state index is 11.0. The molecule has 0 amide bonds. The molecule has 1 aromatic heterocycles. The van der Waals surface area contributed by atoms with Gasteiger partial charge in [-0.3, -0.25) is 4.79 Å². The molecule has 4 heteroatoms. The lowest BCUT2D eigenvalue weighted by atomic mass is 9.92. The van der Waals surface area contributed by atoms with Gasteiger partial charge in [0.2, 0.25) is 0 Å². The van der Waals surface area contributed by atoms with Gasteiger partial charge in [-0.25, -0.2) is 0 Å². The molecule has 0 aliphatic carbocycles. The van der Waals surface area contributed by atoms with E-state index in [0.717, 1.165) is 16.0 Å². The molecule has 1 heterocycles. The van der Waals surface area contributed by atoms with E-state index in [9.17, 15) is 9.90 Å². The maximum Gasteiger partial charge on any atom is 0.304 e. The summed E-state index contributed by atoms with van der Waals surface area (Å²) < 4.78 is 0. The molecule has 2 rings (SSSR count). The highest BCUT2D eigenvalue weighted by Gasteiger charge is 2.20. The second kappa shape index (κ2) is 5.23. The van der Waals surface area contributed by atoms with E-state index in [1.165, 1.54) is 0 Å². The van der Waals surface area contributed by atoms with Crippen LogP contribution >= 0.6 is 11.3 Å². The highest BCUT2D eigenvalue weighted by Crippen LogP contribution is 2.34. The van der Waals surface area contributed by atoms with Crippen molar-refractivity contribution in [2.24, 2.45) is 0 Å². The van der Waals surface area contributed by atoms with Gasteiger partial charge in [0.25, 0.3) is 0 Å². The standard InChI is InChI=1S/C14H14O3S/c1-9-6-7-18-14(9)12(8-13(16)17)10-2-4-11(15)5-3-10/h2-7,12,15H,8H2,1H3,(H,16,17). The lowest BCUT2D eigenvalue weighted by Crippen LogP contribution is -2.07. The average Bonchev–Trinajstić information content (AvgIpc) is 2.73. The Morgan fingerprint density at radius 2 is 1.94 bits per heavy atom. The molecule has 1 aromatic carbocycles. The number of hydrogen-bond donors (Lipinski definition) is 2. The number of aryl methyl sites for hydroxylation is 1. The van der Waals surface area contributed by atoms with Gasteiger partial charge >= 0.3 is 5.97 Å². The Morgan fingerprint density at radius 1 is 1.28 bits per heavy atom. The summed E-state index contributed by atoms with van der Waals surface area (Å²) in [5.41, 5.74) is 2.03. The van der Waals surface area contributed by atoms with E-state index in [4.69, 9.17) is 5.11 Å². The summed E-state index contributed by atoms with van der Waals surface area (Å²) in [6.07, 6.45) is 0.0616. The Morgan fingerprint density at radius 3 is 2.44 bits per heavy atom. The molecule has 0 saturated carbocycles. The Bertz CT molecular complexity index is 542. The molecule has 94 valence electrons. The molecule has 0 radical (unpaired) electrons. The number of carbonyl (C=O) groups is 1. The molecule has 1 unspecified atom stereocenters. The Labute approximate surface area is 109 Å². The first-order valence-corrected chi connectivity index (χ1v) is 6.50. The van der Waals surface area contributed by atoms with Crippen LogP contribution in [0.5, 0.6) is 5.75 Å². The van der Waals surface area contributed by atoms with Gasteiger partial charge < -0.3 is 10.2 Å². The van der Waals surface area contributed by atoms with E-state index in [-0.39, 0.29) is 18.1 Å². The first kappa shape index (κ1) is 12.6. The van der Waals surface area contributed by atoms with Crippen LogP contribution in [0, 0.1) is 6.92 Å². The summed E-state index contributed by atoms with van der Waals surface area (Å²) in [6.45, 7) is 1.99. The molecular weight excluding hydrogens is 248 g/mol. The van der Waals surface area contributed by atoms with E-state index in [0.29, 0.717) is 0 Å². The highest BCUT2D eigenvalue weighted by molar-refractivity contribution is 7.10. The topological polar surface area (TPSA) is 57.5 Å². The molecule has 0 spiro atoms. The number of carboxylic acid groups (broad SMARTS) is 1. The minimum atomic E-state index is -0.819. The van der Waals surface area contributed by atoms with Crippen molar-refractivity contribution in [1.29, 1.82) is 0 Å². The molecule has 0 fully saturated rings. The van der Waals surface area contributed by atoms with Gasteiger partial charge in [0.15, 0.2) is 0 Å². The third kappa shape index (κ3) is 2.71. The average molecular weight is 262 g/mol. The largest absolute Gasteiger partial charge is 0.508 e. The minimum Gasteiger partial charge on any atom is -0.508 e. The van der Waals surface area contributed by atoms with Gasteiger partial charge in [-0.2, -0.15) is 0 Å². The number of hydrogen-bond acceptors (Lipinski definition) is 3. The Balaban J connectivity index is 2.39. The van der Waals surface area contributed by atoms with Crippen molar-refractivity contribution in [3.63, 3.8) is 0 Å². The number of phenols is 1. The van der Waals surface area contributed by atoms with Crippen molar-refractivity contribution < 1.29 is 15.0 Å². The zero-order valence-corrected chi connectivity index (χ0v) is 10.8. The van der Waals surface area contributed by atoms with Gasteiger partial charge in [-0.1, -0.05) is 12.1 Å². The predicted molar refractivity (Wildman–Crippen MR) is 71.3 cm³/mol. The van der Waals surface area contributed by atoms with Crippen molar-refractivity contribution in [3.05, 3.63) is 51.7 Å². The van der Waals surface area contributed by atoms with Crippen molar-refractivity contribution in [2.45, 2.75) is 19.3 Å². The molecule has 0 bridgehead atoms. The van der Waals surface area contributed by atoms with Gasteiger partial charge in [0.1, 0.15) is 5.75 Å². The summed E-state index contributed by atoms with van der Waals surface area (Å²) in [7, 11) is 0. The summed E-state index contributed by atoms with van der Waals surface area (Å²) in [5.74, 6) is -0.778. The zero-order chi connectivity index (χ0) is 13.1. The molecule has 1 atom stereocenters. The number of rotatable bonds is 4. The molecule has 0 saturated heterocycles. The lowest BCUT2D eigenvalue weighted by molar-refractivity contribution is -0.137. The number of benzene rings is 1. The zero-order valence-electron chi connectivity index (χ0n) is 9.96. The fourth-order valence-electron chi connectivity index (χ4n) is 1.98. The van der Waals surface area contributed by atoms with Gasteiger partial charge in [0.05, 0.1) is 6.42 Å². The molecule has 2 aromatic rings. The monoisotopic (exact) mass is 262 g/mol. The number of thiophene rings is 1. The summed E-state index contributed by atoms with van der Waals surface area (Å²) >= 11 is 1.57. The second-order valence-corrected chi connectivity index (χ2v) is 5.16. The van der Waals surface area contributed by atoms with Gasteiger partial charge in [-0.05, 0) is 41.6 Å². The van der Waals surface area contributed by atoms with E-state index in [2.05, 4.69) is 0 Å². The minimum absolute atomic E-state index is 0.0616. The van der Waals surface area contributed by atoms with Crippen LogP contribution in [-0.2, 0) is 4.79 Å². The normalized spacial score (nSPS) is 12.3. The first-order valence-electron chi connectivity index (χ1n) is 5.62. The first-order chi connectivity index (χ1) is 8.58. The number of aromatic hydroxyl groups is 1. The lowest BCUT2D eigenvalue weighted by Gasteiger charge is -2.15. The Hall–Kier alpha value is -1.81. The van der Waals surface area contributed by atoms with E-state index in [1.807, 2.05) is 18.4 Å². The number of carboxylic acids is 1. The number of phenolic OH excluding ortho intramolecular Hbond substituents is 1. The second-order valence-electron chi connectivity index (χ2n) is 4.21. The highest BCUT2D eigenvalue weighted by atomic mass is 32.1. The van der Waals surface area contributed by atoms with E-state index >= 15 is 0 Å². The fraction of sp³-hybridized carbons (Fsp3) is 0.214. The maximum absolute atomic E-state index is 11.0. The SMILES string of the molecule is Cc1ccsc1C(CC(=O)O)c1ccc(O)cc1. The van der Waals surface area contributed by atoms with E-state index in [1.54, 1.807) is 35.6 Å². The quantitative estimate of drug-likeness (QED) is 0.888. The van der Waals surface area contributed by atoms with Gasteiger partial charge in [0, 0.05) is 10.8 Å². The summed E-state index contributed by atoms with van der Waals surface area (Å²) in [6, 6.07) is 8.74. The van der Waals surface area contributed by atoms with Crippen LogP contribution in [0.2, 0.25) is 0 Å². The van der Waals surface area contributed by atoms with Crippen molar-refractivity contribution >= 4 is 17.3 Å². The Kier molecular flexibility index (Phi) is 3.67. The van der Waals surface area contributed by atoms with Crippen LogP contribution in [0.3, 0.4) is 0 Å². The smallest absolute Gasteiger partial charge is 0.304 e. The van der Waals surface area contributed by atoms with Crippen LogP contribution in [0.25, 0.3) is 0 Å². The van der Waals surface area contributed by atoms with Crippen LogP contribution in [0.4, 0.5) is 0 Å². The molecule has 0 aliphatic heterocycles. The molecule has 3 nitrogen and oxygen atoms in total. The van der Waals surface area contributed by atoms with Crippen molar-refractivity contribution in [1.82, 2.24) is 0 Å². The van der Waals surface area contributed by atoms with E-state index < -0.39 is 5.97 Å². The van der Waals surface area contributed by atoms with Crippen molar-refractivity contribution in [2.75, 3.05) is 0 Å². The molecule has 2 N–H and O–H groups in total. The van der Waals surface area contributed by atoms with Crippen molar-refractivity contribution in [3.8, 4) is 5.75 Å². The predicted octanol–water partition coefficient (Wildman–Crippen LogP) is 3.37. The van der Waals surface area contributed by atoms with Crippen LogP contribution in [0.15, 0.2) is 35.7 Å². The summed E-state index contributed by atoms with van der Waals surface area (Å²) in [4.78, 5) is 12.1. The van der Waals surface area contributed by atoms with Crippen LogP contribution < -0.4 is 0 Å². The number of aliphatic carboxylic acids is 1. The van der Waals surface area contributed by atoms with Crippen LogP contribution in [0.1, 0.15) is 28.3 Å². The summed E-state index contributed by atoms with van der Waals surface area (Å²) in [5, 5.41) is 20.3. The molecule has 18 heavy (non-hydrogen) atoms. The van der Waals surface area contributed by atoms with Crippen LogP contribution in [-0.4, -0.2) is 16.2 Å². The molecular formula is C14H14O3S. The fourth-order valence-corrected chi connectivity index (χ4v) is 3.04. The third-order valence-corrected chi connectivity index (χ3v) is 4.02.